The third-order valence-corrected chi connectivity index (χ3v) is 2.39. The minimum Gasteiger partial charge on any atom is -0.424 e. The third kappa shape index (κ3) is 2.66. The number of nitro groups is 1. The van der Waals surface area contributed by atoms with Crippen molar-refractivity contribution in [3.63, 3.8) is 0 Å². The van der Waals surface area contributed by atoms with E-state index in [9.17, 15) is 10.1 Å². The maximum atomic E-state index is 10.9. The molecule has 1 aromatic carbocycles. The van der Waals surface area contributed by atoms with Gasteiger partial charge in [-0.3, -0.25) is 10.1 Å². The lowest BCUT2D eigenvalue weighted by molar-refractivity contribution is -0.386. The zero-order chi connectivity index (χ0) is 12.3. The van der Waals surface area contributed by atoms with Crippen molar-refractivity contribution < 1.29 is 9.66 Å². The number of hydrogen-bond donors (Lipinski definition) is 0. The topological polar surface area (TPSA) is 55.6 Å². The Kier molecular flexibility index (Phi) is 3.78. The van der Waals surface area contributed by atoms with E-state index in [2.05, 4.69) is 0 Å². The molecule has 5 nitrogen and oxygen atoms in total. The van der Waals surface area contributed by atoms with E-state index in [4.69, 9.17) is 17.0 Å². The number of nitrogens with zero attached hydrogens (tertiary/aromatic N) is 2. The lowest BCUT2D eigenvalue weighted by atomic mass is 10.2. The Bertz CT molecular complexity index is 432. The molecule has 0 saturated heterocycles. The fraction of sp³-hybridized carbons (Fsp3) is 0.300. The summed E-state index contributed by atoms with van der Waals surface area (Å²) in [6, 6.07) is 4.88. The van der Waals surface area contributed by atoms with Gasteiger partial charge in [-0.2, -0.15) is 0 Å². The second-order valence-electron chi connectivity index (χ2n) is 3.44. The smallest absolute Gasteiger partial charge is 0.314 e. The Balaban J connectivity index is 3.09. The van der Waals surface area contributed by atoms with Gasteiger partial charge in [0.25, 0.3) is 5.17 Å². The molecule has 86 valence electrons. The summed E-state index contributed by atoms with van der Waals surface area (Å²) < 4.78 is 5.26. The number of hydrogen-bond acceptors (Lipinski definition) is 4. The molecule has 1 aromatic rings. The summed E-state index contributed by atoms with van der Waals surface area (Å²) in [5, 5.41) is 11.1. The van der Waals surface area contributed by atoms with Gasteiger partial charge in [-0.05, 0) is 25.2 Å². The summed E-state index contributed by atoms with van der Waals surface area (Å²) >= 11 is 4.93. The van der Waals surface area contributed by atoms with E-state index in [1.807, 2.05) is 0 Å². The lowest BCUT2D eigenvalue weighted by Crippen LogP contribution is -2.25. The van der Waals surface area contributed by atoms with Gasteiger partial charge in [0.05, 0.1) is 4.92 Å². The third-order valence-electron chi connectivity index (χ3n) is 1.95. The number of ether oxygens (including phenoxy) is 1. The molecular formula is C10H12N2O3S. The Morgan fingerprint density at radius 2 is 2.12 bits per heavy atom. The van der Waals surface area contributed by atoms with Crippen molar-refractivity contribution in [2.24, 2.45) is 0 Å². The number of benzene rings is 1. The minimum absolute atomic E-state index is 0.0494. The highest BCUT2D eigenvalue weighted by molar-refractivity contribution is 7.80. The van der Waals surface area contributed by atoms with Gasteiger partial charge in [0.2, 0.25) is 5.75 Å². The van der Waals surface area contributed by atoms with Crippen molar-refractivity contribution in [2.75, 3.05) is 14.1 Å². The van der Waals surface area contributed by atoms with E-state index in [-0.39, 0.29) is 16.6 Å². The van der Waals surface area contributed by atoms with Crippen LogP contribution >= 0.6 is 12.2 Å². The van der Waals surface area contributed by atoms with Crippen molar-refractivity contribution in [1.82, 2.24) is 4.90 Å². The second kappa shape index (κ2) is 4.89. The van der Waals surface area contributed by atoms with Crippen molar-refractivity contribution in [2.45, 2.75) is 6.92 Å². The molecule has 0 aliphatic rings. The van der Waals surface area contributed by atoms with Crippen molar-refractivity contribution >= 4 is 23.1 Å². The fourth-order valence-electron chi connectivity index (χ4n) is 1.13. The molecule has 0 heterocycles. The van der Waals surface area contributed by atoms with Gasteiger partial charge in [-0.25, -0.2) is 0 Å². The number of para-hydroxylation sites is 1. The molecule has 0 aromatic heterocycles. The van der Waals surface area contributed by atoms with Gasteiger partial charge in [-0.1, -0.05) is 12.1 Å². The first-order valence-electron chi connectivity index (χ1n) is 4.56. The number of rotatable bonds is 2. The normalized spacial score (nSPS) is 9.69. The molecule has 0 atom stereocenters. The van der Waals surface area contributed by atoms with Crippen LogP contribution in [0, 0.1) is 17.0 Å². The molecule has 0 radical (unpaired) electrons. The first kappa shape index (κ1) is 12.4. The van der Waals surface area contributed by atoms with Crippen LogP contribution in [0.2, 0.25) is 0 Å². The highest BCUT2D eigenvalue weighted by Gasteiger charge is 2.19. The zero-order valence-corrected chi connectivity index (χ0v) is 10.1. The predicted molar refractivity (Wildman–Crippen MR) is 64.7 cm³/mol. The standard InChI is InChI=1S/C10H12N2O3S/c1-7-5-4-6-8(9(7)12(13)14)15-10(16)11(2)3/h4-6H,1-3H3. The average molecular weight is 240 g/mol. The predicted octanol–water partition coefficient (Wildman–Crippen LogP) is 2.13. The van der Waals surface area contributed by atoms with Gasteiger partial charge in [0.1, 0.15) is 0 Å². The Morgan fingerprint density at radius 1 is 1.50 bits per heavy atom. The van der Waals surface area contributed by atoms with Crippen molar-refractivity contribution in [3.8, 4) is 5.75 Å². The molecule has 0 unspecified atom stereocenters. The summed E-state index contributed by atoms with van der Waals surface area (Å²) in [6.45, 7) is 1.66. The van der Waals surface area contributed by atoms with Gasteiger partial charge in [-0.15, -0.1) is 0 Å². The minimum atomic E-state index is -0.469. The number of thiocarbonyl (C=S) groups is 1. The van der Waals surface area contributed by atoms with E-state index in [1.165, 1.54) is 6.07 Å². The Morgan fingerprint density at radius 3 is 2.62 bits per heavy atom. The van der Waals surface area contributed by atoms with E-state index in [0.29, 0.717) is 5.56 Å². The maximum Gasteiger partial charge on any atom is 0.314 e. The molecule has 16 heavy (non-hydrogen) atoms. The molecule has 0 aliphatic carbocycles. The van der Waals surface area contributed by atoms with Crippen LogP contribution in [0.15, 0.2) is 18.2 Å². The SMILES string of the molecule is Cc1cccc(OC(=S)N(C)C)c1[N+](=O)[O-]. The summed E-state index contributed by atoms with van der Waals surface area (Å²) in [7, 11) is 3.42. The molecule has 6 heteroatoms. The highest BCUT2D eigenvalue weighted by atomic mass is 32.1. The quantitative estimate of drug-likeness (QED) is 0.450. The van der Waals surface area contributed by atoms with E-state index in [1.54, 1.807) is 38.1 Å². The van der Waals surface area contributed by atoms with E-state index in [0.717, 1.165) is 0 Å². The van der Waals surface area contributed by atoms with Gasteiger partial charge in [0, 0.05) is 19.7 Å². The van der Waals surface area contributed by atoms with Gasteiger partial charge >= 0.3 is 5.69 Å². The van der Waals surface area contributed by atoms with Crippen LogP contribution in [0.4, 0.5) is 5.69 Å². The van der Waals surface area contributed by atoms with Crippen LogP contribution in [0.5, 0.6) is 5.75 Å². The Labute approximate surface area is 98.8 Å². The molecule has 0 spiro atoms. The first-order valence-corrected chi connectivity index (χ1v) is 4.97. The number of aryl methyl sites for hydroxylation is 1. The molecule has 0 aliphatic heterocycles. The Hall–Kier alpha value is -1.69. The molecule has 0 amide bonds. The fourth-order valence-corrected chi connectivity index (χ4v) is 1.22. The van der Waals surface area contributed by atoms with Crippen LogP contribution in [0.3, 0.4) is 0 Å². The lowest BCUT2D eigenvalue weighted by Gasteiger charge is -2.14. The summed E-state index contributed by atoms with van der Waals surface area (Å²) in [5.74, 6) is 0.170. The second-order valence-corrected chi connectivity index (χ2v) is 3.79. The molecular weight excluding hydrogens is 228 g/mol. The molecule has 0 fully saturated rings. The first-order chi connectivity index (χ1) is 7.43. The van der Waals surface area contributed by atoms with Crippen LogP contribution in [-0.2, 0) is 0 Å². The largest absolute Gasteiger partial charge is 0.424 e. The van der Waals surface area contributed by atoms with E-state index < -0.39 is 4.92 Å². The maximum absolute atomic E-state index is 10.9. The highest BCUT2D eigenvalue weighted by Crippen LogP contribution is 2.30. The molecule has 0 bridgehead atoms. The van der Waals surface area contributed by atoms with Crippen LogP contribution in [0.1, 0.15) is 5.56 Å². The van der Waals surface area contributed by atoms with E-state index >= 15 is 0 Å². The molecule has 0 saturated carbocycles. The molecule has 1 rings (SSSR count). The monoisotopic (exact) mass is 240 g/mol. The summed E-state index contributed by atoms with van der Waals surface area (Å²) in [6.07, 6.45) is 0. The van der Waals surface area contributed by atoms with Gasteiger partial charge < -0.3 is 9.64 Å². The summed E-state index contributed by atoms with van der Waals surface area (Å²) in [5.41, 5.74) is 0.496. The average Bonchev–Trinajstić information content (AvgIpc) is 2.16. The zero-order valence-electron chi connectivity index (χ0n) is 9.26. The van der Waals surface area contributed by atoms with Crippen LogP contribution < -0.4 is 4.74 Å². The van der Waals surface area contributed by atoms with Gasteiger partial charge in [0.15, 0.2) is 0 Å². The number of nitro benzene ring substituents is 1. The molecule has 0 N–H and O–H groups in total. The van der Waals surface area contributed by atoms with Crippen LogP contribution in [-0.4, -0.2) is 29.1 Å². The summed E-state index contributed by atoms with van der Waals surface area (Å²) in [4.78, 5) is 12.0. The van der Waals surface area contributed by atoms with Crippen molar-refractivity contribution in [3.05, 3.63) is 33.9 Å². The van der Waals surface area contributed by atoms with Crippen LogP contribution in [0.25, 0.3) is 0 Å². The van der Waals surface area contributed by atoms with Crippen molar-refractivity contribution in [1.29, 1.82) is 0 Å².